The summed E-state index contributed by atoms with van der Waals surface area (Å²) in [4.78, 5) is 3.90. The topological polar surface area (TPSA) is 68.4 Å². The second-order valence-electron chi connectivity index (χ2n) is 3.60. The molecule has 0 unspecified atom stereocenters. The van der Waals surface area contributed by atoms with E-state index < -0.39 is 0 Å². The van der Waals surface area contributed by atoms with E-state index in [1.807, 2.05) is 24.3 Å². The van der Waals surface area contributed by atoms with Crippen molar-refractivity contribution in [1.29, 1.82) is 0 Å². The molecular weight excluding hydrogens is 216 g/mol. The Hall–Kier alpha value is -2.07. The fourth-order valence-electron chi connectivity index (χ4n) is 1.54. The average Bonchev–Trinajstić information content (AvgIpc) is 2.35. The van der Waals surface area contributed by atoms with Gasteiger partial charge in [-0.15, -0.1) is 0 Å². The molecule has 0 fully saturated rings. The quantitative estimate of drug-likeness (QED) is 0.842. The number of aliphatic hydroxyl groups is 1. The van der Waals surface area contributed by atoms with E-state index in [4.69, 9.17) is 15.6 Å². The number of nitrogen functional groups attached to an aromatic ring is 1. The van der Waals surface area contributed by atoms with Crippen LogP contribution in [0.4, 0.5) is 5.69 Å². The Bertz CT molecular complexity index is 500. The summed E-state index contributed by atoms with van der Waals surface area (Å²) in [6.07, 6.45) is 3.73. The van der Waals surface area contributed by atoms with Gasteiger partial charge in [0.15, 0.2) is 5.75 Å². The van der Waals surface area contributed by atoms with E-state index >= 15 is 0 Å². The number of hydrogen-bond donors (Lipinski definition) is 2. The van der Waals surface area contributed by atoms with Gasteiger partial charge < -0.3 is 15.6 Å². The van der Waals surface area contributed by atoms with Gasteiger partial charge in [0.2, 0.25) is 0 Å². The summed E-state index contributed by atoms with van der Waals surface area (Å²) in [5.74, 6) is 1.28. The molecule has 1 aromatic heterocycles. The Morgan fingerprint density at radius 3 is 2.76 bits per heavy atom. The molecule has 0 aliphatic rings. The minimum atomic E-state index is 0.0895. The minimum absolute atomic E-state index is 0.0895. The Kier molecular flexibility index (Phi) is 3.57. The molecule has 0 bridgehead atoms. The summed E-state index contributed by atoms with van der Waals surface area (Å²) in [5.41, 5.74) is 7.20. The van der Waals surface area contributed by atoms with Crippen LogP contribution in [0.3, 0.4) is 0 Å². The SMILES string of the molecule is Nc1cnccc1Oc1ccccc1CCO. The standard InChI is InChI=1S/C13H14N2O2/c14-11-9-15-7-5-13(11)17-12-4-2-1-3-10(12)6-8-16/h1-5,7,9,16H,6,8,14H2. The number of aliphatic hydroxyl groups excluding tert-OH is 1. The summed E-state index contributed by atoms with van der Waals surface area (Å²) in [7, 11) is 0. The summed E-state index contributed by atoms with van der Waals surface area (Å²) in [6, 6.07) is 9.28. The predicted octanol–water partition coefficient (Wildman–Crippen LogP) is 1.99. The van der Waals surface area contributed by atoms with Crippen LogP contribution in [0, 0.1) is 0 Å². The highest BCUT2D eigenvalue weighted by atomic mass is 16.5. The molecule has 0 radical (unpaired) electrons. The normalized spacial score (nSPS) is 10.2. The predicted molar refractivity (Wildman–Crippen MR) is 66.0 cm³/mol. The smallest absolute Gasteiger partial charge is 0.153 e. The lowest BCUT2D eigenvalue weighted by Gasteiger charge is -2.11. The van der Waals surface area contributed by atoms with Crippen LogP contribution in [-0.4, -0.2) is 16.7 Å². The van der Waals surface area contributed by atoms with Crippen LogP contribution < -0.4 is 10.5 Å². The van der Waals surface area contributed by atoms with Gasteiger partial charge in [0.25, 0.3) is 0 Å². The van der Waals surface area contributed by atoms with Gasteiger partial charge in [0.1, 0.15) is 5.75 Å². The Morgan fingerprint density at radius 1 is 1.18 bits per heavy atom. The molecule has 2 rings (SSSR count). The molecule has 0 aliphatic carbocycles. The van der Waals surface area contributed by atoms with Gasteiger partial charge in [-0.05, 0) is 18.1 Å². The van der Waals surface area contributed by atoms with Crippen molar-refractivity contribution in [2.75, 3.05) is 12.3 Å². The molecular formula is C13H14N2O2. The molecule has 4 nitrogen and oxygen atoms in total. The van der Waals surface area contributed by atoms with Gasteiger partial charge in [0, 0.05) is 18.9 Å². The second-order valence-corrected chi connectivity index (χ2v) is 3.60. The highest BCUT2D eigenvalue weighted by Gasteiger charge is 2.05. The summed E-state index contributed by atoms with van der Waals surface area (Å²) < 4.78 is 5.72. The zero-order valence-electron chi connectivity index (χ0n) is 9.34. The van der Waals surface area contributed by atoms with Gasteiger partial charge >= 0.3 is 0 Å². The van der Waals surface area contributed by atoms with Gasteiger partial charge in [-0.3, -0.25) is 4.98 Å². The van der Waals surface area contributed by atoms with Crippen LogP contribution in [0.25, 0.3) is 0 Å². The molecule has 88 valence electrons. The first-order chi connectivity index (χ1) is 8.31. The summed E-state index contributed by atoms with van der Waals surface area (Å²) >= 11 is 0. The summed E-state index contributed by atoms with van der Waals surface area (Å²) in [5, 5.41) is 8.97. The van der Waals surface area contributed by atoms with Gasteiger partial charge in [0.05, 0.1) is 11.9 Å². The number of ether oxygens (including phenoxy) is 1. The van der Waals surface area contributed by atoms with Crippen LogP contribution >= 0.6 is 0 Å². The molecule has 4 heteroatoms. The molecule has 1 heterocycles. The lowest BCUT2D eigenvalue weighted by molar-refractivity contribution is 0.298. The number of pyridine rings is 1. The molecule has 17 heavy (non-hydrogen) atoms. The highest BCUT2D eigenvalue weighted by Crippen LogP contribution is 2.28. The van der Waals surface area contributed by atoms with E-state index in [1.165, 1.54) is 0 Å². The highest BCUT2D eigenvalue weighted by molar-refractivity contribution is 5.52. The van der Waals surface area contributed by atoms with Crippen LogP contribution in [0.5, 0.6) is 11.5 Å². The molecule has 0 atom stereocenters. The van der Waals surface area contributed by atoms with Crippen molar-refractivity contribution in [2.45, 2.75) is 6.42 Å². The van der Waals surface area contributed by atoms with Crippen LogP contribution in [0.1, 0.15) is 5.56 Å². The number of benzene rings is 1. The van der Waals surface area contributed by atoms with Crippen molar-refractivity contribution in [3.63, 3.8) is 0 Å². The fourth-order valence-corrected chi connectivity index (χ4v) is 1.54. The number of anilines is 1. The van der Waals surface area contributed by atoms with E-state index in [0.717, 1.165) is 5.56 Å². The van der Waals surface area contributed by atoms with Crippen molar-refractivity contribution in [2.24, 2.45) is 0 Å². The Labute approximate surface area is 99.7 Å². The van der Waals surface area contributed by atoms with E-state index in [9.17, 15) is 0 Å². The Balaban J connectivity index is 2.27. The lowest BCUT2D eigenvalue weighted by atomic mass is 10.1. The summed E-state index contributed by atoms with van der Waals surface area (Å²) in [6.45, 7) is 0.0895. The van der Waals surface area contributed by atoms with Crippen LogP contribution in [-0.2, 0) is 6.42 Å². The zero-order chi connectivity index (χ0) is 12.1. The number of nitrogens with zero attached hydrogens (tertiary/aromatic N) is 1. The van der Waals surface area contributed by atoms with E-state index in [2.05, 4.69) is 4.98 Å². The van der Waals surface area contributed by atoms with Crippen molar-refractivity contribution >= 4 is 5.69 Å². The monoisotopic (exact) mass is 230 g/mol. The van der Waals surface area contributed by atoms with Gasteiger partial charge in [-0.1, -0.05) is 18.2 Å². The first-order valence-corrected chi connectivity index (χ1v) is 5.37. The van der Waals surface area contributed by atoms with E-state index in [1.54, 1.807) is 18.5 Å². The maximum atomic E-state index is 8.97. The zero-order valence-corrected chi connectivity index (χ0v) is 9.34. The third kappa shape index (κ3) is 2.73. The molecule has 0 amide bonds. The number of nitrogens with two attached hydrogens (primary N) is 1. The largest absolute Gasteiger partial charge is 0.455 e. The first-order valence-electron chi connectivity index (χ1n) is 5.37. The van der Waals surface area contributed by atoms with Gasteiger partial charge in [-0.25, -0.2) is 0 Å². The molecule has 0 saturated carbocycles. The third-order valence-corrected chi connectivity index (χ3v) is 2.38. The van der Waals surface area contributed by atoms with Crippen LogP contribution in [0.2, 0.25) is 0 Å². The van der Waals surface area contributed by atoms with Crippen molar-refractivity contribution in [1.82, 2.24) is 4.98 Å². The molecule has 0 aliphatic heterocycles. The van der Waals surface area contributed by atoms with Crippen LogP contribution in [0.15, 0.2) is 42.7 Å². The van der Waals surface area contributed by atoms with Gasteiger partial charge in [-0.2, -0.15) is 0 Å². The second kappa shape index (κ2) is 5.32. The van der Waals surface area contributed by atoms with E-state index in [0.29, 0.717) is 23.6 Å². The lowest BCUT2D eigenvalue weighted by Crippen LogP contribution is -1.97. The first kappa shape index (κ1) is 11.4. The average molecular weight is 230 g/mol. The maximum absolute atomic E-state index is 8.97. The fraction of sp³-hybridized carbons (Fsp3) is 0.154. The molecule has 1 aromatic carbocycles. The number of para-hydroxylation sites is 1. The van der Waals surface area contributed by atoms with Crippen molar-refractivity contribution < 1.29 is 9.84 Å². The van der Waals surface area contributed by atoms with Crippen molar-refractivity contribution in [3.05, 3.63) is 48.3 Å². The molecule has 3 N–H and O–H groups in total. The maximum Gasteiger partial charge on any atom is 0.153 e. The molecule has 0 saturated heterocycles. The number of rotatable bonds is 4. The molecule has 2 aromatic rings. The van der Waals surface area contributed by atoms with Crippen molar-refractivity contribution in [3.8, 4) is 11.5 Å². The Morgan fingerprint density at radius 2 is 2.00 bits per heavy atom. The molecule has 0 spiro atoms. The minimum Gasteiger partial charge on any atom is -0.455 e. The third-order valence-electron chi connectivity index (χ3n) is 2.38. The number of hydrogen-bond acceptors (Lipinski definition) is 4. The van der Waals surface area contributed by atoms with E-state index in [-0.39, 0.29) is 6.61 Å². The number of aromatic nitrogens is 1.